The molecule has 1 fully saturated rings. The van der Waals surface area contributed by atoms with Crippen molar-refractivity contribution in [3.8, 4) is 0 Å². The van der Waals surface area contributed by atoms with Crippen LogP contribution < -0.4 is 5.11 Å². The van der Waals surface area contributed by atoms with Crippen molar-refractivity contribution in [3.63, 3.8) is 0 Å². The van der Waals surface area contributed by atoms with Crippen molar-refractivity contribution in [1.82, 2.24) is 0 Å². The summed E-state index contributed by atoms with van der Waals surface area (Å²) in [6, 6.07) is 0. The molecule has 1 aliphatic rings. The first-order valence-corrected chi connectivity index (χ1v) is 4.01. The predicted octanol–water partition coefficient (Wildman–Crippen LogP) is -4.46. The molecule has 5 atom stereocenters. The average molecular weight is 346 g/mol. The minimum atomic E-state index is -1.71. The van der Waals surface area contributed by atoms with Crippen molar-refractivity contribution < 1.29 is 55.2 Å². The van der Waals surface area contributed by atoms with E-state index in [1.54, 1.807) is 0 Å². The van der Waals surface area contributed by atoms with Gasteiger partial charge in [0, 0.05) is 32.5 Å². The van der Waals surface area contributed by atoms with Gasteiger partial charge in [-0.1, -0.05) is 0 Å². The number of rotatable bonds is 2. The van der Waals surface area contributed by atoms with Crippen LogP contribution >= 0.6 is 0 Å². The zero-order chi connectivity index (χ0) is 10.9. The van der Waals surface area contributed by atoms with E-state index in [1.807, 2.05) is 0 Å². The molecule has 1 aliphatic heterocycles. The van der Waals surface area contributed by atoms with Crippen LogP contribution in [0, 0.1) is 0 Å². The zero-order valence-electron chi connectivity index (χ0n) is 8.19. The summed E-state index contributed by atoms with van der Waals surface area (Å²) in [7, 11) is 0. The number of aliphatic carboxylic acids is 1. The number of hydrogen-bond acceptors (Lipinski definition) is 7. The van der Waals surface area contributed by atoms with Crippen molar-refractivity contribution in [3.05, 3.63) is 0 Å². The van der Waals surface area contributed by atoms with Crippen LogP contribution in [0.2, 0.25) is 0 Å². The second kappa shape index (κ2) is 8.31. The van der Waals surface area contributed by atoms with E-state index in [2.05, 4.69) is 4.74 Å². The Labute approximate surface area is 135 Å². The molecule has 0 aliphatic carbocycles. The van der Waals surface area contributed by atoms with Gasteiger partial charge in [0.05, 0.1) is 6.10 Å². The van der Waals surface area contributed by atoms with Gasteiger partial charge in [-0.3, -0.25) is 0 Å². The summed E-state index contributed by atoms with van der Waals surface area (Å²) < 4.78 is 4.57. The molecule has 0 amide bonds. The molecule has 7 nitrogen and oxygen atoms in total. The molecule has 0 aromatic heterocycles. The van der Waals surface area contributed by atoms with E-state index >= 15 is 0 Å². The fourth-order valence-corrected chi connectivity index (χ4v) is 1.26. The number of carboxylic acid groups (broad SMARTS) is 1. The van der Waals surface area contributed by atoms with E-state index in [0.717, 1.165) is 0 Å². The van der Waals surface area contributed by atoms with Gasteiger partial charge < -0.3 is 35.1 Å². The van der Waals surface area contributed by atoms with Crippen molar-refractivity contribution >= 4 is 43.7 Å². The van der Waals surface area contributed by atoms with Crippen molar-refractivity contribution in [2.75, 3.05) is 0 Å². The van der Waals surface area contributed by atoms with E-state index < -0.39 is 43.1 Å². The van der Waals surface area contributed by atoms with Gasteiger partial charge in [-0.05, 0) is 0 Å². The van der Waals surface area contributed by atoms with Gasteiger partial charge in [-0.25, -0.2) is 0 Å². The Morgan fingerprint density at radius 3 is 2.06 bits per heavy atom. The first kappa shape index (κ1) is 19.5. The Morgan fingerprint density at radius 1 is 1.12 bits per heavy atom. The summed E-state index contributed by atoms with van der Waals surface area (Å²) in [4.78, 5) is 10.2. The maximum Gasteiger partial charge on any atom is 2.00 e. The summed E-state index contributed by atoms with van der Waals surface area (Å²) in [5.41, 5.74) is 0. The van der Waals surface area contributed by atoms with Gasteiger partial charge in [-0.15, -0.1) is 0 Å². The van der Waals surface area contributed by atoms with Crippen LogP contribution in [0.15, 0.2) is 0 Å². The molecule has 1 saturated heterocycles. The summed E-state index contributed by atoms with van der Waals surface area (Å²) >= 11 is 0. The molecule has 0 saturated carbocycles. The Hall–Kier alpha value is 1.18. The SMILES string of the molecule is O=C([O-])C[C@H]1OC(O)[C@H](O)[C@@H](O)[C@@H]1O.[99Tc].[Ca+2]. The van der Waals surface area contributed by atoms with E-state index in [9.17, 15) is 15.0 Å². The third kappa shape index (κ3) is 4.81. The molecule has 0 aromatic rings. The number of ether oxygens (including phenoxy) is 1. The molecule has 0 bridgehead atoms. The van der Waals surface area contributed by atoms with Crippen LogP contribution in [0.3, 0.4) is 0 Å². The van der Waals surface area contributed by atoms with Crippen LogP contribution in [0.25, 0.3) is 0 Å². The molecule has 1 rings (SSSR count). The molecular formula is C7H11CaO7Tc+. The van der Waals surface area contributed by atoms with Gasteiger partial charge >= 0.3 is 37.7 Å². The molecule has 1 heterocycles. The van der Waals surface area contributed by atoms with Gasteiger partial charge in [0.15, 0.2) is 6.29 Å². The maximum atomic E-state index is 10.2. The third-order valence-corrected chi connectivity index (χ3v) is 2.05. The van der Waals surface area contributed by atoms with Crippen LogP contribution in [-0.4, -0.2) is 94.8 Å². The molecule has 0 spiro atoms. The number of carboxylic acids is 1. The fourth-order valence-electron chi connectivity index (χ4n) is 1.26. The van der Waals surface area contributed by atoms with Gasteiger partial charge in [0.1, 0.15) is 18.3 Å². The zero-order valence-corrected chi connectivity index (χ0v) is 12.3. The minimum absolute atomic E-state index is 0. The second-order valence-electron chi connectivity index (χ2n) is 3.11. The van der Waals surface area contributed by atoms with Gasteiger partial charge in [0.25, 0.3) is 0 Å². The summed E-state index contributed by atoms with van der Waals surface area (Å²) in [5.74, 6) is -1.48. The second-order valence-corrected chi connectivity index (χ2v) is 3.11. The van der Waals surface area contributed by atoms with E-state index in [4.69, 9.17) is 15.3 Å². The Balaban J connectivity index is 0. The number of aliphatic hydroxyl groups is 4. The maximum absolute atomic E-state index is 10.2. The molecule has 4 N–H and O–H groups in total. The quantitative estimate of drug-likeness (QED) is 0.371. The molecular weight excluding hydrogens is 335 g/mol. The largest absolute Gasteiger partial charge is 2.00 e. The standard InChI is InChI=1S/C7H12O7.Ca.Tc/c8-3(9)1-2-4(10)5(11)6(12)7(13)14-2;;/h2,4-7,10-13H,1H2,(H,8,9);;/q;+2;/p-1/t2-,4-,5+,6-,7?;;/m1../s1/i;;1+1. The average Bonchev–Trinajstić information content (AvgIpc) is 2.10. The number of aliphatic hydroxyl groups excluding tert-OH is 4. The van der Waals surface area contributed by atoms with Crippen LogP contribution in [-0.2, 0) is 29.6 Å². The number of carbonyl (C=O) groups excluding carboxylic acids is 1. The molecule has 16 heavy (non-hydrogen) atoms. The Kier molecular flexibility index (Phi) is 10.1. The summed E-state index contributed by atoms with van der Waals surface area (Å²) in [6.07, 6.45) is -8.51. The molecule has 89 valence electrons. The van der Waals surface area contributed by atoms with Gasteiger partial charge in [0.2, 0.25) is 0 Å². The molecule has 0 aromatic carbocycles. The van der Waals surface area contributed by atoms with Crippen molar-refractivity contribution in [1.29, 1.82) is 0 Å². The smallest absolute Gasteiger partial charge is 0.550 e. The first-order chi connectivity index (χ1) is 6.43. The summed E-state index contributed by atoms with van der Waals surface area (Å²) in [6.45, 7) is 0. The number of hydrogen-bond donors (Lipinski definition) is 4. The van der Waals surface area contributed by atoms with Gasteiger partial charge in [-0.2, -0.15) is 0 Å². The molecule has 1 unspecified atom stereocenters. The Morgan fingerprint density at radius 2 is 1.62 bits per heavy atom. The topological polar surface area (TPSA) is 130 Å². The van der Waals surface area contributed by atoms with Crippen LogP contribution in [0.4, 0.5) is 0 Å². The minimum Gasteiger partial charge on any atom is -0.550 e. The van der Waals surface area contributed by atoms with Crippen molar-refractivity contribution in [2.24, 2.45) is 0 Å². The van der Waals surface area contributed by atoms with E-state index in [1.165, 1.54) is 0 Å². The van der Waals surface area contributed by atoms with Crippen LogP contribution in [0.1, 0.15) is 6.42 Å². The van der Waals surface area contributed by atoms with E-state index in [0.29, 0.717) is 0 Å². The normalized spacial score (nSPS) is 38.1. The first-order valence-electron chi connectivity index (χ1n) is 4.01. The molecule has 1 radical (unpaired) electrons. The molecule has 9 heteroatoms. The Bertz CT molecular complexity index is 229. The predicted molar refractivity (Wildman–Crippen MR) is 44.3 cm³/mol. The fraction of sp³-hybridized carbons (Fsp3) is 0.857. The summed E-state index contributed by atoms with van der Waals surface area (Å²) in [5, 5.41) is 46.6. The number of carbonyl (C=O) groups is 1. The van der Waals surface area contributed by atoms with E-state index in [-0.39, 0.29) is 57.8 Å². The third-order valence-electron chi connectivity index (χ3n) is 2.05. The van der Waals surface area contributed by atoms with Crippen molar-refractivity contribution in [2.45, 2.75) is 37.1 Å². The monoisotopic (exact) mass is 346 g/mol. The van der Waals surface area contributed by atoms with Crippen LogP contribution in [0.5, 0.6) is 0 Å².